The van der Waals surface area contributed by atoms with Crippen LogP contribution < -0.4 is 0 Å². The van der Waals surface area contributed by atoms with Crippen LogP contribution in [0.25, 0.3) is 0 Å². The van der Waals surface area contributed by atoms with Gasteiger partial charge in [0, 0.05) is 56.3 Å². The summed E-state index contributed by atoms with van der Waals surface area (Å²) in [5.41, 5.74) is 4.13. The minimum Gasteiger partial charge on any atom is -0.376 e. The van der Waals surface area contributed by atoms with Crippen molar-refractivity contribution < 1.29 is 4.74 Å². The molecule has 0 radical (unpaired) electrons. The second-order valence-electron chi connectivity index (χ2n) is 7.94. The summed E-state index contributed by atoms with van der Waals surface area (Å²) in [7, 11) is 1.98. The van der Waals surface area contributed by atoms with Crippen molar-refractivity contribution in [2.45, 2.75) is 39.3 Å². The largest absolute Gasteiger partial charge is 0.376 e. The average molecular weight is 340 g/mol. The van der Waals surface area contributed by atoms with Gasteiger partial charge in [-0.25, -0.2) is 0 Å². The standard InChI is InChI=1S/C20H28N4O/c1-16-5-7-21-9-18(16)13-25-15-20-6-3-4-19(20)12-24(14-20)11-17-8-22-23(2)10-17/h5,7-10,19H,3-4,6,11-15H2,1-2H3/t19-,20+/m0/s1. The van der Waals surface area contributed by atoms with Crippen LogP contribution in [0.5, 0.6) is 0 Å². The van der Waals surface area contributed by atoms with E-state index in [2.05, 4.69) is 34.2 Å². The predicted molar refractivity (Wildman–Crippen MR) is 96.9 cm³/mol. The van der Waals surface area contributed by atoms with Crippen LogP contribution in [-0.4, -0.2) is 39.4 Å². The molecule has 2 aromatic rings. The quantitative estimate of drug-likeness (QED) is 0.811. The molecule has 0 amide bonds. The van der Waals surface area contributed by atoms with Gasteiger partial charge < -0.3 is 4.74 Å². The molecule has 2 aliphatic rings. The van der Waals surface area contributed by atoms with Crippen LogP contribution in [0.4, 0.5) is 0 Å². The summed E-state index contributed by atoms with van der Waals surface area (Å²) in [5.74, 6) is 0.777. The van der Waals surface area contributed by atoms with Gasteiger partial charge in [-0.2, -0.15) is 5.10 Å². The van der Waals surface area contributed by atoms with Crippen LogP contribution in [0.15, 0.2) is 30.9 Å². The molecule has 2 atom stereocenters. The van der Waals surface area contributed by atoms with Crippen molar-refractivity contribution in [3.63, 3.8) is 0 Å². The third kappa shape index (κ3) is 3.48. The Morgan fingerprint density at radius 1 is 1.36 bits per heavy atom. The molecular formula is C20H28N4O. The van der Waals surface area contributed by atoms with Crippen molar-refractivity contribution in [2.75, 3.05) is 19.7 Å². The Balaban J connectivity index is 1.37. The van der Waals surface area contributed by atoms with E-state index in [4.69, 9.17) is 4.74 Å². The molecule has 0 bridgehead atoms. The number of hydrogen-bond donors (Lipinski definition) is 0. The second kappa shape index (κ2) is 6.89. The number of nitrogens with zero attached hydrogens (tertiary/aromatic N) is 4. The maximum Gasteiger partial charge on any atom is 0.0734 e. The van der Waals surface area contributed by atoms with Gasteiger partial charge in [0.05, 0.1) is 19.4 Å². The molecule has 0 unspecified atom stereocenters. The minimum atomic E-state index is 0.346. The van der Waals surface area contributed by atoms with Crippen molar-refractivity contribution in [1.82, 2.24) is 19.7 Å². The normalized spacial score (nSPS) is 26.2. The molecule has 5 heteroatoms. The molecule has 0 N–H and O–H groups in total. The second-order valence-corrected chi connectivity index (χ2v) is 7.94. The summed E-state index contributed by atoms with van der Waals surface area (Å²) in [6, 6.07) is 2.06. The number of hydrogen-bond acceptors (Lipinski definition) is 4. The van der Waals surface area contributed by atoms with Gasteiger partial charge in [0.15, 0.2) is 0 Å². The van der Waals surface area contributed by atoms with Gasteiger partial charge in [0.25, 0.3) is 0 Å². The van der Waals surface area contributed by atoms with E-state index in [9.17, 15) is 0 Å². The number of aromatic nitrogens is 3. The third-order valence-corrected chi connectivity index (χ3v) is 6.07. The van der Waals surface area contributed by atoms with E-state index in [1.165, 1.54) is 42.5 Å². The Bertz CT molecular complexity index is 728. The number of pyridine rings is 1. The monoisotopic (exact) mass is 340 g/mol. The zero-order chi connectivity index (χ0) is 17.3. The summed E-state index contributed by atoms with van der Waals surface area (Å²) < 4.78 is 8.10. The first-order valence-electron chi connectivity index (χ1n) is 9.32. The highest BCUT2D eigenvalue weighted by Crippen LogP contribution is 2.49. The lowest BCUT2D eigenvalue weighted by molar-refractivity contribution is 0.0263. The highest BCUT2D eigenvalue weighted by atomic mass is 16.5. The Labute approximate surface area is 150 Å². The average Bonchev–Trinajstić information content (AvgIpc) is 3.24. The van der Waals surface area contributed by atoms with E-state index in [-0.39, 0.29) is 0 Å². The van der Waals surface area contributed by atoms with Gasteiger partial charge in [0.1, 0.15) is 0 Å². The maximum atomic E-state index is 6.21. The highest BCUT2D eigenvalue weighted by Gasteiger charge is 2.49. The Kier molecular flexibility index (Phi) is 4.61. The molecule has 1 aliphatic heterocycles. The summed E-state index contributed by atoms with van der Waals surface area (Å²) in [6.07, 6.45) is 11.9. The van der Waals surface area contributed by atoms with Gasteiger partial charge in [-0.05, 0) is 42.9 Å². The molecular weight excluding hydrogens is 312 g/mol. The SMILES string of the molecule is Cc1ccncc1COC[C@]12CCC[C@H]1CN(Cc1cnn(C)c1)C2. The summed E-state index contributed by atoms with van der Waals surface area (Å²) >= 11 is 0. The van der Waals surface area contributed by atoms with Crippen molar-refractivity contribution in [1.29, 1.82) is 0 Å². The fraction of sp³-hybridized carbons (Fsp3) is 0.600. The minimum absolute atomic E-state index is 0.346. The van der Waals surface area contributed by atoms with E-state index in [0.29, 0.717) is 12.0 Å². The molecule has 4 rings (SSSR count). The van der Waals surface area contributed by atoms with Gasteiger partial charge in [-0.1, -0.05) is 6.42 Å². The molecule has 2 fully saturated rings. The molecule has 0 spiro atoms. The molecule has 1 aliphatic carbocycles. The van der Waals surface area contributed by atoms with E-state index >= 15 is 0 Å². The zero-order valence-electron chi connectivity index (χ0n) is 15.3. The van der Waals surface area contributed by atoms with Crippen LogP contribution in [-0.2, 0) is 24.9 Å². The maximum absolute atomic E-state index is 6.21. The van der Waals surface area contributed by atoms with Crippen molar-refractivity contribution in [3.8, 4) is 0 Å². The van der Waals surface area contributed by atoms with Crippen LogP contribution in [0.2, 0.25) is 0 Å². The molecule has 1 saturated carbocycles. The Morgan fingerprint density at radius 2 is 2.28 bits per heavy atom. The Morgan fingerprint density at radius 3 is 3.08 bits per heavy atom. The highest BCUT2D eigenvalue weighted by molar-refractivity contribution is 5.20. The summed E-state index contributed by atoms with van der Waals surface area (Å²) in [5, 5.41) is 4.30. The zero-order valence-corrected chi connectivity index (χ0v) is 15.3. The molecule has 25 heavy (non-hydrogen) atoms. The fourth-order valence-electron chi connectivity index (χ4n) is 4.71. The first kappa shape index (κ1) is 16.7. The van der Waals surface area contributed by atoms with E-state index in [1.54, 1.807) is 0 Å². The van der Waals surface area contributed by atoms with Crippen molar-refractivity contribution in [2.24, 2.45) is 18.4 Å². The first-order chi connectivity index (χ1) is 12.1. The summed E-state index contributed by atoms with van der Waals surface area (Å²) in [6.45, 7) is 7.03. The van der Waals surface area contributed by atoms with Gasteiger partial charge in [-0.15, -0.1) is 0 Å². The predicted octanol–water partition coefficient (Wildman–Crippen LogP) is 2.94. The molecule has 134 valence electrons. The van der Waals surface area contributed by atoms with Crippen LogP contribution in [0, 0.1) is 18.3 Å². The number of ether oxygens (including phenoxy) is 1. The lowest BCUT2D eigenvalue weighted by Crippen LogP contribution is -2.32. The number of likely N-dealkylation sites (tertiary alicyclic amines) is 1. The Hall–Kier alpha value is -1.72. The lowest BCUT2D eigenvalue weighted by atomic mass is 9.81. The number of aryl methyl sites for hydroxylation is 2. The topological polar surface area (TPSA) is 43.2 Å². The number of fused-ring (bicyclic) bond motifs is 1. The molecule has 5 nitrogen and oxygen atoms in total. The lowest BCUT2D eigenvalue weighted by Gasteiger charge is -2.29. The van der Waals surface area contributed by atoms with Crippen LogP contribution >= 0.6 is 0 Å². The smallest absolute Gasteiger partial charge is 0.0734 e. The number of rotatable bonds is 6. The van der Waals surface area contributed by atoms with E-state index < -0.39 is 0 Å². The molecule has 0 aromatic carbocycles. The van der Waals surface area contributed by atoms with Crippen LogP contribution in [0.3, 0.4) is 0 Å². The molecule has 2 aromatic heterocycles. The van der Waals surface area contributed by atoms with E-state index in [1.807, 2.05) is 30.3 Å². The van der Waals surface area contributed by atoms with Gasteiger partial charge in [-0.3, -0.25) is 14.6 Å². The summed E-state index contributed by atoms with van der Waals surface area (Å²) in [4.78, 5) is 6.82. The van der Waals surface area contributed by atoms with Crippen LogP contribution in [0.1, 0.15) is 36.0 Å². The first-order valence-corrected chi connectivity index (χ1v) is 9.32. The molecule has 3 heterocycles. The van der Waals surface area contributed by atoms with Crippen molar-refractivity contribution in [3.05, 3.63) is 47.5 Å². The van der Waals surface area contributed by atoms with Crippen molar-refractivity contribution >= 4 is 0 Å². The van der Waals surface area contributed by atoms with E-state index in [0.717, 1.165) is 25.6 Å². The fourth-order valence-corrected chi connectivity index (χ4v) is 4.71. The molecule has 1 saturated heterocycles. The third-order valence-electron chi connectivity index (χ3n) is 6.07. The van der Waals surface area contributed by atoms with Gasteiger partial charge in [0.2, 0.25) is 0 Å². The van der Waals surface area contributed by atoms with Gasteiger partial charge >= 0.3 is 0 Å².